The lowest BCUT2D eigenvalue weighted by atomic mass is 10.2. The van der Waals surface area contributed by atoms with Crippen molar-refractivity contribution in [1.29, 1.82) is 0 Å². The largest absolute Gasteiger partial charge is 0.470 e. The topological polar surface area (TPSA) is 69.0 Å². The van der Waals surface area contributed by atoms with E-state index in [9.17, 15) is 4.79 Å². The van der Waals surface area contributed by atoms with Gasteiger partial charge in [0.25, 0.3) is 5.91 Å². The van der Waals surface area contributed by atoms with Gasteiger partial charge in [0.05, 0.1) is 15.2 Å². The number of aryl methyl sites for hydroxylation is 2. The monoisotopic (exact) mass is 488 g/mol. The van der Waals surface area contributed by atoms with E-state index in [1.54, 1.807) is 34.3 Å². The molecule has 2 heterocycles. The Morgan fingerprint density at radius 2 is 1.79 bits per heavy atom. The minimum absolute atomic E-state index is 0.146. The van der Waals surface area contributed by atoms with Gasteiger partial charge in [-0.1, -0.05) is 23.7 Å². The van der Waals surface area contributed by atoms with E-state index < -0.39 is 0 Å². The summed E-state index contributed by atoms with van der Waals surface area (Å²) in [6, 6.07) is 21.1. The molecule has 5 rings (SSSR count). The second kappa shape index (κ2) is 9.29. The Hall–Kier alpha value is -3.68. The van der Waals surface area contributed by atoms with Crippen molar-refractivity contribution >= 4 is 44.7 Å². The van der Waals surface area contributed by atoms with Gasteiger partial charge in [0, 0.05) is 17.4 Å². The molecule has 0 saturated carbocycles. The number of carbonyl (C=O) groups excluding carboxylic acids is 1. The van der Waals surface area contributed by atoms with Gasteiger partial charge in [-0.15, -0.1) is 11.3 Å². The Morgan fingerprint density at radius 1 is 1.03 bits per heavy atom. The molecule has 3 aromatic carbocycles. The average Bonchev–Trinajstić information content (AvgIpc) is 3.47. The van der Waals surface area contributed by atoms with Gasteiger partial charge in [-0.05, 0) is 79.6 Å². The van der Waals surface area contributed by atoms with Crippen LogP contribution < -0.4 is 10.1 Å². The number of amides is 1. The van der Waals surface area contributed by atoms with Crippen LogP contribution in [0.5, 0.6) is 5.75 Å². The molecule has 0 atom stereocenters. The van der Waals surface area contributed by atoms with Crippen LogP contribution in [-0.4, -0.2) is 20.7 Å². The lowest BCUT2D eigenvalue weighted by Gasteiger charge is -2.08. The summed E-state index contributed by atoms with van der Waals surface area (Å²) in [6.07, 6.45) is 1.69. The molecule has 6 nitrogen and oxygen atoms in total. The van der Waals surface area contributed by atoms with Gasteiger partial charge in [0.15, 0.2) is 12.4 Å². The second-order valence-electron chi connectivity index (χ2n) is 7.97. The van der Waals surface area contributed by atoms with E-state index in [-0.39, 0.29) is 12.6 Å². The molecule has 5 aromatic rings. The molecule has 2 aromatic heterocycles. The number of nitrogens with one attached hydrogen (secondary N) is 1. The molecule has 1 N–H and O–H groups in total. The number of halogens is 1. The molecule has 34 heavy (non-hydrogen) atoms. The van der Waals surface area contributed by atoms with Crippen LogP contribution in [0.4, 0.5) is 5.69 Å². The zero-order valence-corrected chi connectivity index (χ0v) is 20.2. The van der Waals surface area contributed by atoms with Gasteiger partial charge >= 0.3 is 0 Å². The Bertz CT molecular complexity index is 1490. The number of hydrogen-bond donors (Lipinski definition) is 1. The summed E-state index contributed by atoms with van der Waals surface area (Å²) >= 11 is 7.82. The zero-order chi connectivity index (χ0) is 23.7. The van der Waals surface area contributed by atoms with Gasteiger partial charge < -0.3 is 10.1 Å². The number of fused-ring (bicyclic) bond motifs is 1. The van der Waals surface area contributed by atoms with Crippen molar-refractivity contribution in [2.75, 3.05) is 5.32 Å². The highest BCUT2D eigenvalue weighted by Gasteiger charge is 2.12. The maximum atomic E-state index is 12.6. The van der Waals surface area contributed by atoms with Gasteiger partial charge in [-0.2, -0.15) is 5.10 Å². The van der Waals surface area contributed by atoms with Crippen LogP contribution >= 0.6 is 22.9 Å². The number of hydrogen-bond acceptors (Lipinski definition) is 5. The first-order valence-electron chi connectivity index (χ1n) is 10.7. The van der Waals surface area contributed by atoms with E-state index in [1.807, 2.05) is 49.4 Å². The summed E-state index contributed by atoms with van der Waals surface area (Å²) in [5, 5.41) is 8.66. The standard InChI is InChI=1S/C26H21ClN4O2S/c1-16-3-9-20(27)23(13-16)33-15-31-12-11-22(30-31)25(32)28-19-7-5-18(6-8-19)26-29-21-10-4-17(2)14-24(21)34-26/h3-14H,15H2,1-2H3,(H,28,32). The first-order chi connectivity index (χ1) is 16.4. The SMILES string of the molecule is Cc1ccc(Cl)c(OCn2ccc(C(=O)Nc3ccc(-c4nc5ccc(C)cc5s4)cc3)n2)c1. The summed E-state index contributed by atoms with van der Waals surface area (Å²) in [5.41, 5.74) is 5.24. The molecule has 8 heteroatoms. The Labute approximate surface area is 205 Å². The van der Waals surface area contributed by atoms with Crippen LogP contribution in [0.1, 0.15) is 21.6 Å². The molecule has 0 spiro atoms. The number of rotatable bonds is 6. The molecule has 1 amide bonds. The fourth-order valence-corrected chi connectivity index (χ4v) is 4.70. The first kappa shape index (κ1) is 22.1. The van der Waals surface area contributed by atoms with Crippen molar-refractivity contribution in [3.63, 3.8) is 0 Å². The van der Waals surface area contributed by atoms with E-state index in [2.05, 4.69) is 29.5 Å². The second-order valence-corrected chi connectivity index (χ2v) is 9.41. The van der Waals surface area contributed by atoms with Crippen molar-refractivity contribution < 1.29 is 9.53 Å². The molecule has 0 aliphatic carbocycles. The predicted octanol–water partition coefficient (Wildman–Crippen LogP) is 6.72. The normalized spacial score (nSPS) is 11.0. The van der Waals surface area contributed by atoms with Gasteiger partial charge in [-0.25, -0.2) is 9.67 Å². The van der Waals surface area contributed by atoms with Crippen molar-refractivity contribution in [2.45, 2.75) is 20.6 Å². The number of ether oxygens (including phenoxy) is 1. The average molecular weight is 489 g/mol. The fraction of sp³-hybridized carbons (Fsp3) is 0.115. The molecule has 0 unspecified atom stereocenters. The molecule has 0 fully saturated rings. The molecular weight excluding hydrogens is 468 g/mol. The molecule has 0 aliphatic rings. The fourth-order valence-electron chi connectivity index (χ4n) is 3.46. The molecule has 0 aliphatic heterocycles. The maximum Gasteiger partial charge on any atom is 0.276 e. The summed E-state index contributed by atoms with van der Waals surface area (Å²) in [6.45, 7) is 4.19. The Balaban J connectivity index is 1.23. The third-order valence-electron chi connectivity index (χ3n) is 5.25. The molecular formula is C26H21ClN4O2S. The Morgan fingerprint density at radius 3 is 2.62 bits per heavy atom. The van der Waals surface area contributed by atoms with Crippen molar-refractivity contribution in [1.82, 2.24) is 14.8 Å². The minimum Gasteiger partial charge on any atom is -0.470 e. The molecule has 170 valence electrons. The molecule has 0 radical (unpaired) electrons. The maximum absolute atomic E-state index is 12.6. The molecule has 0 saturated heterocycles. The van der Waals surface area contributed by atoms with Crippen LogP contribution in [-0.2, 0) is 6.73 Å². The summed E-state index contributed by atoms with van der Waals surface area (Å²) in [5.74, 6) is 0.280. The molecule has 0 bridgehead atoms. The van der Waals surface area contributed by atoms with Crippen molar-refractivity contribution in [3.8, 4) is 16.3 Å². The number of thiazole rings is 1. The predicted molar refractivity (Wildman–Crippen MR) is 137 cm³/mol. The smallest absolute Gasteiger partial charge is 0.276 e. The van der Waals surface area contributed by atoms with Crippen molar-refractivity contribution in [3.05, 3.63) is 94.8 Å². The summed E-state index contributed by atoms with van der Waals surface area (Å²) < 4.78 is 8.44. The summed E-state index contributed by atoms with van der Waals surface area (Å²) in [7, 11) is 0. The lowest BCUT2D eigenvalue weighted by Crippen LogP contribution is -2.14. The first-order valence-corrected chi connectivity index (χ1v) is 11.9. The van der Waals surface area contributed by atoms with E-state index >= 15 is 0 Å². The van der Waals surface area contributed by atoms with Crippen LogP contribution in [0.15, 0.2) is 72.9 Å². The highest BCUT2D eigenvalue weighted by atomic mass is 35.5. The number of nitrogens with zero attached hydrogens (tertiary/aromatic N) is 3. The van der Waals surface area contributed by atoms with E-state index in [4.69, 9.17) is 21.3 Å². The van der Waals surface area contributed by atoms with Gasteiger partial charge in [0.1, 0.15) is 10.8 Å². The highest BCUT2D eigenvalue weighted by Crippen LogP contribution is 2.31. The summed E-state index contributed by atoms with van der Waals surface area (Å²) in [4.78, 5) is 17.4. The number of carbonyl (C=O) groups is 1. The van der Waals surface area contributed by atoms with Gasteiger partial charge in [-0.3, -0.25) is 4.79 Å². The quantitative estimate of drug-likeness (QED) is 0.288. The lowest BCUT2D eigenvalue weighted by molar-refractivity contribution is 0.102. The number of aromatic nitrogens is 3. The minimum atomic E-state index is -0.296. The van der Waals surface area contributed by atoms with Crippen LogP contribution in [0.2, 0.25) is 5.02 Å². The number of benzene rings is 3. The van der Waals surface area contributed by atoms with Crippen LogP contribution in [0.3, 0.4) is 0 Å². The van der Waals surface area contributed by atoms with E-state index in [1.165, 1.54) is 5.56 Å². The third kappa shape index (κ3) is 4.81. The van der Waals surface area contributed by atoms with Crippen LogP contribution in [0, 0.1) is 13.8 Å². The third-order valence-corrected chi connectivity index (χ3v) is 6.63. The van der Waals surface area contributed by atoms with E-state index in [0.29, 0.717) is 22.2 Å². The van der Waals surface area contributed by atoms with Gasteiger partial charge in [0.2, 0.25) is 0 Å². The highest BCUT2D eigenvalue weighted by molar-refractivity contribution is 7.21. The number of anilines is 1. The zero-order valence-electron chi connectivity index (χ0n) is 18.6. The van der Waals surface area contributed by atoms with Crippen LogP contribution in [0.25, 0.3) is 20.8 Å². The van der Waals surface area contributed by atoms with E-state index in [0.717, 1.165) is 26.4 Å². The van der Waals surface area contributed by atoms with Crippen molar-refractivity contribution in [2.24, 2.45) is 0 Å². The Kier molecular flexibility index (Phi) is 6.04.